The fraction of sp³-hybridized carbons (Fsp3) is 0. The minimum atomic E-state index is -1.13. The first-order chi connectivity index (χ1) is 9.11. The summed E-state index contributed by atoms with van der Waals surface area (Å²) >= 11 is 0.901. The summed E-state index contributed by atoms with van der Waals surface area (Å²) in [6.07, 6.45) is 0.527. The number of benzene rings is 1. The van der Waals surface area contributed by atoms with Gasteiger partial charge < -0.3 is 15.1 Å². The number of carbonyl (C=O) groups excluding carboxylic acids is 1. The van der Waals surface area contributed by atoms with Crippen molar-refractivity contribution in [1.29, 1.82) is 0 Å². The number of nitrogens with zero attached hydrogens (tertiary/aromatic N) is 1. The van der Waals surface area contributed by atoms with Crippen LogP contribution in [0.2, 0.25) is 0 Å². The van der Waals surface area contributed by atoms with Crippen molar-refractivity contribution in [2.24, 2.45) is 0 Å². The molecule has 0 saturated heterocycles. The predicted molar refractivity (Wildman–Crippen MR) is 70.6 cm³/mol. The molecule has 2 N–H and O–H groups in total. The zero-order valence-electron chi connectivity index (χ0n) is 9.46. The van der Waals surface area contributed by atoms with Gasteiger partial charge in [0.1, 0.15) is 16.9 Å². The van der Waals surface area contributed by atoms with Crippen LogP contribution in [0.3, 0.4) is 0 Å². The Labute approximate surface area is 112 Å². The van der Waals surface area contributed by atoms with E-state index in [0.29, 0.717) is 11.7 Å². The molecule has 0 atom stereocenters. The van der Waals surface area contributed by atoms with E-state index in [1.54, 1.807) is 0 Å². The Kier molecular flexibility index (Phi) is 3.91. The molecule has 0 bridgehead atoms. The number of hydrogen-bond acceptors (Lipinski definition) is 5. The fourth-order valence-corrected chi connectivity index (χ4v) is 2.24. The number of aromatic carboxylic acids is 1. The van der Waals surface area contributed by atoms with Gasteiger partial charge in [-0.25, -0.2) is 14.2 Å². The molecule has 0 unspecified atom stereocenters. The summed E-state index contributed by atoms with van der Waals surface area (Å²) < 4.78 is 12.8. The molecule has 1 heterocycles. The Balaban J connectivity index is 2.42. The monoisotopic (exact) mass is 277 g/mol. The molecule has 5 nitrogen and oxygen atoms in total. The molecule has 0 spiro atoms. The van der Waals surface area contributed by atoms with Gasteiger partial charge in [0, 0.05) is 5.56 Å². The Hall–Kier alpha value is -2.22. The van der Waals surface area contributed by atoms with Crippen LogP contribution in [0.4, 0.5) is 9.52 Å². The number of aromatic nitrogens is 1. The van der Waals surface area contributed by atoms with Crippen molar-refractivity contribution in [3.8, 4) is 11.3 Å². The van der Waals surface area contributed by atoms with E-state index in [-0.39, 0.29) is 15.7 Å². The minimum Gasteiger partial charge on any atom is -0.477 e. The maximum absolute atomic E-state index is 12.8. The second-order valence-electron chi connectivity index (χ2n) is 3.46. The summed E-state index contributed by atoms with van der Waals surface area (Å²) in [5.74, 6) is -1.54. The second-order valence-corrected chi connectivity index (χ2v) is 4.45. The van der Waals surface area contributed by atoms with Crippen molar-refractivity contribution in [3.05, 3.63) is 35.0 Å². The lowest BCUT2D eigenvalue weighted by Crippen LogP contribution is -2.06. The molecule has 0 amide bonds. The molecule has 19 heavy (non-hydrogen) atoms. The summed E-state index contributed by atoms with van der Waals surface area (Å²) in [4.78, 5) is 25.5. The Morgan fingerprint density at radius 2 is 2.11 bits per heavy atom. The molecule has 0 saturated carbocycles. The van der Waals surface area contributed by atoms with Crippen LogP contribution in [0.1, 0.15) is 9.67 Å². The zero-order valence-corrected chi connectivity index (χ0v) is 10.3. The topological polar surface area (TPSA) is 79.3 Å². The molecule has 2 rings (SSSR count). The van der Waals surface area contributed by atoms with Crippen molar-refractivity contribution in [1.82, 2.24) is 4.98 Å². The van der Waals surface area contributed by atoms with E-state index < -0.39 is 11.8 Å². The summed E-state index contributed by atoms with van der Waals surface area (Å²) in [5.41, 5.74) is 0.730. The van der Waals surface area contributed by atoms with Gasteiger partial charge in [-0.15, -0.1) is 0 Å². The predicted octanol–water partition coefficient (Wildman–Crippen LogP) is 1.87. The average molecular weight is 277 g/mol. The molecule has 1 radical (unpaired) electrons. The van der Waals surface area contributed by atoms with Gasteiger partial charge in [-0.1, -0.05) is 11.3 Å². The molecule has 2 aromatic rings. The number of halogens is 1. The standard InChI is InChI=1S/C11H7BFN2O3S/c13-7-3-1-6(2-4-7)8-9(10(17)18)19-11(14-8)15-12-5-16/h1-5H,(H,14,15)(H,17,18). The van der Waals surface area contributed by atoms with Crippen LogP contribution < -0.4 is 5.23 Å². The van der Waals surface area contributed by atoms with Gasteiger partial charge in [-0.2, -0.15) is 0 Å². The lowest BCUT2D eigenvalue weighted by Gasteiger charge is -1.98. The van der Waals surface area contributed by atoms with Gasteiger partial charge in [0.2, 0.25) is 0 Å². The molecule has 0 fully saturated rings. The first-order valence-electron chi connectivity index (χ1n) is 5.15. The summed E-state index contributed by atoms with van der Waals surface area (Å²) in [7, 11) is 1.11. The molecule has 8 heteroatoms. The van der Waals surface area contributed by atoms with Crippen LogP contribution in [-0.2, 0) is 4.79 Å². The van der Waals surface area contributed by atoms with Crippen LogP contribution >= 0.6 is 11.3 Å². The number of nitrogens with one attached hydrogen (secondary N) is 1. The lowest BCUT2D eigenvalue weighted by molar-refractivity contribution is 0.0702. The molecular formula is C11H7BFN2O3S. The van der Waals surface area contributed by atoms with Gasteiger partial charge >= 0.3 is 13.4 Å². The number of hydrogen-bond donors (Lipinski definition) is 2. The lowest BCUT2D eigenvalue weighted by atomic mass is 10.0. The molecular weight excluding hydrogens is 270 g/mol. The van der Waals surface area contributed by atoms with Crippen LogP contribution in [0.5, 0.6) is 0 Å². The first kappa shape index (κ1) is 13.2. The van der Waals surface area contributed by atoms with Gasteiger partial charge in [0.25, 0.3) is 0 Å². The smallest absolute Gasteiger partial charge is 0.348 e. The molecule has 95 valence electrons. The third-order valence-corrected chi connectivity index (χ3v) is 3.19. The van der Waals surface area contributed by atoms with Gasteiger partial charge in [0.05, 0.1) is 5.69 Å². The number of rotatable bonds is 5. The van der Waals surface area contributed by atoms with Crippen molar-refractivity contribution in [3.63, 3.8) is 0 Å². The average Bonchev–Trinajstić information content (AvgIpc) is 2.81. The van der Waals surface area contributed by atoms with E-state index in [9.17, 15) is 14.0 Å². The fourth-order valence-electron chi connectivity index (χ4n) is 1.44. The highest BCUT2D eigenvalue weighted by molar-refractivity contribution is 7.18. The van der Waals surface area contributed by atoms with E-state index in [1.807, 2.05) is 0 Å². The van der Waals surface area contributed by atoms with E-state index in [1.165, 1.54) is 24.3 Å². The zero-order chi connectivity index (χ0) is 13.8. The number of anilines is 1. The molecule has 0 aliphatic carbocycles. The maximum atomic E-state index is 12.8. The second kappa shape index (κ2) is 5.62. The van der Waals surface area contributed by atoms with Crippen molar-refractivity contribution >= 4 is 36.0 Å². The largest absolute Gasteiger partial charge is 0.477 e. The summed E-state index contributed by atoms with van der Waals surface area (Å²) in [6, 6.07) is 5.35. The number of carboxylic acid groups (broad SMARTS) is 1. The third-order valence-electron chi connectivity index (χ3n) is 2.21. The van der Waals surface area contributed by atoms with Crippen molar-refractivity contribution < 1.29 is 19.1 Å². The molecule has 1 aromatic carbocycles. The van der Waals surface area contributed by atoms with Crippen LogP contribution in [0.25, 0.3) is 11.3 Å². The van der Waals surface area contributed by atoms with E-state index >= 15 is 0 Å². The SMILES string of the molecule is O=C[B]Nc1nc(-c2ccc(F)cc2)c(C(=O)O)s1. The Morgan fingerprint density at radius 3 is 2.68 bits per heavy atom. The highest BCUT2D eigenvalue weighted by Gasteiger charge is 2.18. The molecule has 0 aliphatic heterocycles. The van der Waals surface area contributed by atoms with Crippen LogP contribution in [-0.4, -0.2) is 29.7 Å². The normalized spacial score (nSPS) is 9.95. The maximum Gasteiger partial charge on any atom is 0.348 e. The van der Waals surface area contributed by atoms with Crippen molar-refractivity contribution in [2.45, 2.75) is 0 Å². The van der Waals surface area contributed by atoms with Crippen LogP contribution in [0, 0.1) is 5.82 Å². The summed E-state index contributed by atoms with van der Waals surface area (Å²) in [5, 5.41) is 12.0. The number of thiazole rings is 1. The van der Waals surface area contributed by atoms with E-state index in [0.717, 1.165) is 18.8 Å². The highest BCUT2D eigenvalue weighted by atomic mass is 32.1. The Bertz CT molecular complexity index is 615. The summed E-state index contributed by atoms with van der Waals surface area (Å²) in [6.45, 7) is 0. The number of carboxylic acids is 1. The van der Waals surface area contributed by atoms with Gasteiger partial charge in [0.15, 0.2) is 5.13 Å². The minimum absolute atomic E-state index is 0.0217. The Morgan fingerprint density at radius 1 is 1.42 bits per heavy atom. The van der Waals surface area contributed by atoms with E-state index in [2.05, 4.69) is 10.2 Å². The first-order valence-corrected chi connectivity index (χ1v) is 5.97. The molecule has 1 aromatic heterocycles. The van der Waals surface area contributed by atoms with Crippen molar-refractivity contribution in [2.75, 3.05) is 5.23 Å². The highest BCUT2D eigenvalue weighted by Crippen LogP contribution is 2.31. The molecule has 0 aliphatic rings. The number of carbonyl (C=O) groups is 2. The van der Waals surface area contributed by atoms with Gasteiger partial charge in [-0.3, -0.25) is 0 Å². The third kappa shape index (κ3) is 2.97. The van der Waals surface area contributed by atoms with Gasteiger partial charge in [-0.05, 0) is 24.3 Å². The van der Waals surface area contributed by atoms with E-state index in [4.69, 9.17) is 5.11 Å². The quantitative estimate of drug-likeness (QED) is 0.644. The van der Waals surface area contributed by atoms with Crippen LogP contribution in [0.15, 0.2) is 24.3 Å².